The number of aliphatic carboxylic acids is 2. The van der Waals surface area contributed by atoms with E-state index in [9.17, 15) is 89.6 Å². The first-order valence-corrected chi connectivity index (χ1v) is 27.0. The lowest BCUT2D eigenvalue weighted by molar-refractivity contribution is -0.142. The van der Waals surface area contributed by atoms with Crippen LogP contribution in [0.2, 0.25) is 0 Å². The van der Waals surface area contributed by atoms with Crippen LogP contribution in [0.3, 0.4) is 0 Å². The number of amides is 9. The Morgan fingerprint density at radius 2 is 0.928 bits per heavy atom. The van der Waals surface area contributed by atoms with E-state index in [-0.39, 0.29) is 75.5 Å². The summed E-state index contributed by atoms with van der Waals surface area (Å²) in [5.41, 5.74) is 25.4. The second-order valence-corrected chi connectivity index (χ2v) is 21.3. The number of rotatable bonds is 37. The molecule has 22 N–H and O–H groups in total. The number of aliphatic hydroxyl groups is 1. The van der Waals surface area contributed by atoms with E-state index in [2.05, 4.69) is 47.2 Å². The lowest BCUT2D eigenvalue weighted by Gasteiger charge is -2.28. The van der Waals surface area contributed by atoms with E-state index in [0.29, 0.717) is 6.07 Å². The number of alkyl halides is 3. The lowest BCUT2D eigenvalue weighted by Crippen LogP contribution is -2.62. The SMILES string of the molecule is CC(=O)N[C@@H](CCCN=C(N)N)C(=O)NC(CNS(=O)(=O)c1cccc(C(F)(F)F)c1)C(=O)N[C@@H](CC(=O)O)C(=O)N[C@@H](CC(C)C)C(=O)N[C@@H](CC(=O)O)C(=O)N[C@@H](CO)C(=O)N[C@@H](CC(C)C)C(=O)N[C@@H](CCCN=C(N)N)C(N)=O. The van der Waals surface area contributed by atoms with E-state index in [1.807, 2.05) is 10.0 Å². The van der Waals surface area contributed by atoms with Gasteiger partial charge in [0.1, 0.15) is 48.3 Å². The summed E-state index contributed by atoms with van der Waals surface area (Å²) in [6, 6.07) is -12.0. The Hall–Kier alpha value is -8.41. The van der Waals surface area contributed by atoms with Crippen LogP contribution >= 0.6 is 0 Å². The number of carbonyl (C=O) groups excluding carboxylic acids is 9. The number of aliphatic hydroxyl groups excluding tert-OH is 1. The highest BCUT2D eigenvalue weighted by Crippen LogP contribution is 2.30. The van der Waals surface area contributed by atoms with Crippen molar-refractivity contribution in [2.75, 3.05) is 26.2 Å². The van der Waals surface area contributed by atoms with Gasteiger partial charge in [-0.25, -0.2) is 13.1 Å². The van der Waals surface area contributed by atoms with E-state index in [1.54, 1.807) is 13.8 Å². The molecule has 0 aliphatic rings. The van der Waals surface area contributed by atoms with Gasteiger partial charge in [0.15, 0.2) is 11.9 Å². The third kappa shape index (κ3) is 28.2. The van der Waals surface area contributed by atoms with E-state index in [4.69, 9.17) is 28.7 Å². The van der Waals surface area contributed by atoms with E-state index >= 15 is 0 Å². The fraction of sp³-hybridized carbons (Fsp3) is 0.596. The molecule has 466 valence electrons. The molecule has 0 spiro atoms. The number of hydrogen-bond acceptors (Lipinski definition) is 16. The Balaban J connectivity index is 3.59. The average Bonchev–Trinajstić information content (AvgIpc) is 3.53. The highest BCUT2D eigenvalue weighted by atomic mass is 32.2. The predicted octanol–water partition coefficient (Wildman–Crippen LogP) is -5.49. The Morgan fingerprint density at radius 1 is 0.554 bits per heavy atom. The van der Waals surface area contributed by atoms with Crippen molar-refractivity contribution in [1.29, 1.82) is 0 Å². The Labute approximate surface area is 474 Å². The van der Waals surface area contributed by atoms with Gasteiger partial charge in [-0.1, -0.05) is 33.8 Å². The van der Waals surface area contributed by atoms with Gasteiger partial charge in [0.25, 0.3) is 0 Å². The van der Waals surface area contributed by atoms with Crippen molar-refractivity contribution < 1.29 is 89.6 Å². The van der Waals surface area contributed by atoms with Crippen LogP contribution in [-0.4, -0.2) is 175 Å². The number of nitrogens with one attached hydrogen (secondary N) is 9. The summed E-state index contributed by atoms with van der Waals surface area (Å²) in [4.78, 5) is 151. The van der Waals surface area contributed by atoms with Gasteiger partial charge in [-0.3, -0.25) is 62.7 Å². The highest BCUT2D eigenvalue weighted by Gasteiger charge is 2.37. The zero-order chi connectivity index (χ0) is 63.5. The highest BCUT2D eigenvalue weighted by molar-refractivity contribution is 7.89. The molecule has 1 rings (SSSR count). The number of primary amides is 1. The predicted molar refractivity (Wildman–Crippen MR) is 287 cm³/mol. The number of carboxylic acids is 2. The second kappa shape index (κ2) is 34.8. The first-order chi connectivity index (χ1) is 38.5. The molecule has 0 saturated heterocycles. The monoisotopic (exact) mass is 1210 g/mol. The lowest BCUT2D eigenvalue weighted by atomic mass is 10.0. The quantitative estimate of drug-likeness (QED) is 0.0168. The molecule has 0 radical (unpaired) electrons. The number of carboxylic acid groups (broad SMARTS) is 2. The molecule has 36 heteroatoms. The molecule has 0 aromatic heterocycles. The molecule has 9 amide bonds. The molecule has 83 heavy (non-hydrogen) atoms. The number of aliphatic imine (C=N–C) groups is 2. The summed E-state index contributed by atoms with van der Waals surface area (Å²) in [7, 11) is -4.97. The van der Waals surface area contributed by atoms with Crippen LogP contribution in [0.4, 0.5) is 13.2 Å². The van der Waals surface area contributed by atoms with Gasteiger partial charge in [0.05, 0.1) is 29.9 Å². The van der Waals surface area contributed by atoms with Gasteiger partial charge >= 0.3 is 18.1 Å². The molecule has 0 fully saturated rings. The standard InChI is InChI=1S/C47H75F3N16O16S/c1-22(2)15-29(39(75)60-27(37(51)73)11-7-13-56-45(52)53)62-44(80)34(21-67)66-42(78)32(19-36(71)72)63-40(76)30(16-23(3)4)61-41(77)31(18-35(69)70)64-43(79)33(65-38(74)28(59-24(5)68)12-8-14-57-46(54)55)20-58-83(81,82)26-10-6-9-25(17-26)47(48,49)50/h6,9-10,17,22-23,27-34,58,67H,7-8,11-16,18-21H2,1-5H3,(H2,51,73)(H,59,68)(H,60,75)(H,61,77)(H,62,80)(H,63,76)(H,64,79)(H,65,74)(H,66,78)(H,69,70)(H,71,72)(H4,52,53,56)(H4,54,55,57)/t27-,28-,29-,30-,31-,32-,33?,34-/m0/s1. The molecule has 1 aromatic rings. The molecule has 0 saturated carbocycles. The van der Waals surface area contributed by atoms with Gasteiger partial charge in [-0.15, -0.1) is 0 Å². The van der Waals surface area contributed by atoms with Crippen LogP contribution in [0.1, 0.15) is 91.5 Å². The van der Waals surface area contributed by atoms with Crippen molar-refractivity contribution >= 4 is 87.0 Å². The minimum Gasteiger partial charge on any atom is -0.481 e. The van der Waals surface area contributed by atoms with Crippen LogP contribution in [0, 0.1) is 11.8 Å². The van der Waals surface area contributed by atoms with Crippen molar-refractivity contribution in [3.63, 3.8) is 0 Å². The van der Waals surface area contributed by atoms with E-state index < -0.39 is 172 Å². The van der Waals surface area contributed by atoms with Crippen molar-refractivity contribution in [1.82, 2.24) is 47.3 Å². The largest absolute Gasteiger partial charge is 0.481 e. The van der Waals surface area contributed by atoms with Gasteiger partial charge < -0.3 is 86.5 Å². The number of carbonyl (C=O) groups is 11. The molecular weight excluding hydrogens is 1130 g/mol. The maximum Gasteiger partial charge on any atom is 0.416 e. The summed E-state index contributed by atoms with van der Waals surface area (Å²) in [5, 5.41) is 47.4. The van der Waals surface area contributed by atoms with Crippen LogP contribution < -0.4 is 75.9 Å². The first-order valence-electron chi connectivity index (χ1n) is 25.5. The van der Waals surface area contributed by atoms with Crippen molar-refractivity contribution in [2.24, 2.45) is 50.5 Å². The van der Waals surface area contributed by atoms with Crippen molar-refractivity contribution in [3.05, 3.63) is 29.8 Å². The Bertz CT molecular complexity index is 2640. The third-order valence-electron chi connectivity index (χ3n) is 11.3. The van der Waals surface area contributed by atoms with Crippen molar-refractivity contribution in [2.45, 2.75) is 145 Å². The summed E-state index contributed by atoms with van der Waals surface area (Å²) in [6.07, 6.45) is -7.90. The average molecular weight is 1210 g/mol. The molecule has 1 unspecified atom stereocenters. The summed E-state index contributed by atoms with van der Waals surface area (Å²) < 4.78 is 69.1. The third-order valence-corrected chi connectivity index (χ3v) is 12.8. The van der Waals surface area contributed by atoms with Crippen LogP contribution in [0.15, 0.2) is 39.1 Å². The topological polar surface area (TPSA) is 546 Å². The van der Waals surface area contributed by atoms with E-state index in [1.165, 1.54) is 13.8 Å². The number of nitrogens with two attached hydrogens (primary N) is 5. The minimum atomic E-state index is -5.00. The summed E-state index contributed by atoms with van der Waals surface area (Å²) >= 11 is 0. The second-order valence-electron chi connectivity index (χ2n) is 19.5. The van der Waals surface area contributed by atoms with Crippen LogP contribution in [0.5, 0.6) is 0 Å². The fourth-order valence-corrected chi connectivity index (χ4v) is 8.50. The number of halogens is 3. The molecular formula is C47H75F3N16O16S. The molecule has 0 heterocycles. The minimum absolute atomic E-state index is 0.0166. The van der Waals surface area contributed by atoms with Gasteiger partial charge in [0, 0.05) is 26.6 Å². The van der Waals surface area contributed by atoms with Crippen LogP contribution in [-0.2, 0) is 68.9 Å². The van der Waals surface area contributed by atoms with Gasteiger partial charge in [-0.2, -0.15) is 13.2 Å². The zero-order valence-electron chi connectivity index (χ0n) is 46.0. The Kier molecular flexibility index (Phi) is 30.4. The number of hydrogen-bond donors (Lipinski definition) is 17. The summed E-state index contributed by atoms with van der Waals surface area (Å²) in [6.45, 7) is 5.09. The normalized spacial score (nSPS) is 14.3. The molecule has 0 aliphatic carbocycles. The fourth-order valence-electron chi connectivity index (χ4n) is 7.41. The smallest absolute Gasteiger partial charge is 0.416 e. The summed E-state index contributed by atoms with van der Waals surface area (Å²) in [5.74, 6) is -15.5. The maximum absolute atomic E-state index is 14.1. The van der Waals surface area contributed by atoms with E-state index in [0.717, 1.165) is 19.1 Å². The van der Waals surface area contributed by atoms with Crippen molar-refractivity contribution in [3.8, 4) is 0 Å². The number of sulfonamides is 1. The van der Waals surface area contributed by atoms with Gasteiger partial charge in [0.2, 0.25) is 63.2 Å². The maximum atomic E-state index is 14.1. The molecule has 1 aromatic carbocycles. The molecule has 8 atom stereocenters. The molecule has 0 bridgehead atoms. The Morgan fingerprint density at radius 3 is 1.33 bits per heavy atom. The number of nitrogens with zero attached hydrogens (tertiary/aromatic N) is 2. The first kappa shape index (κ1) is 72.6. The zero-order valence-corrected chi connectivity index (χ0v) is 46.9. The molecule has 32 nitrogen and oxygen atoms in total. The molecule has 0 aliphatic heterocycles. The van der Waals surface area contributed by atoms with Crippen LogP contribution in [0.25, 0.3) is 0 Å². The number of guanidine groups is 2. The van der Waals surface area contributed by atoms with Gasteiger partial charge in [-0.05, 0) is 68.6 Å². The number of benzene rings is 1.